The molecule has 17 heavy (non-hydrogen) atoms. The summed E-state index contributed by atoms with van der Waals surface area (Å²) in [5.41, 5.74) is 8.89. The van der Waals surface area contributed by atoms with Crippen LogP contribution in [-0.4, -0.2) is 22.7 Å². The summed E-state index contributed by atoms with van der Waals surface area (Å²) in [5.74, 6) is 1.42. The number of nitrogens with one attached hydrogen (secondary N) is 1. The van der Waals surface area contributed by atoms with Crippen LogP contribution < -0.4 is 5.73 Å². The van der Waals surface area contributed by atoms with Gasteiger partial charge in [-0.05, 0) is 25.0 Å². The molecule has 1 saturated heterocycles. The topological polar surface area (TPSA) is 63.9 Å². The molecule has 2 unspecified atom stereocenters. The van der Waals surface area contributed by atoms with Crippen molar-refractivity contribution in [2.75, 3.05) is 6.61 Å². The lowest BCUT2D eigenvalue weighted by molar-refractivity contribution is 0.123. The summed E-state index contributed by atoms with van der Waals surface area (Å²) in [7, 11) is 0. The molecule has 0 amide bonds. The Labute approximate surface area is 100 Å². The molecule has 0 aliphatic carbocycles. The fourth-order valence-corrected chi connectivity index (χ4v) is 2.48. The standard InChI is InChI=1S/C13H17N3O/c1-8-5-10(7-17-8)13-15-11-4-2-3-9(6-14)12(11)16-13/h2-4,8,10H,5-7,14H2,1H3,(H,15,16). The summed E-state index contributed by atoms with van der Waals surface area (Å²) in [6, 6.07) is 6.09. The minimum atomic E-state index is 0.335. The number of para-hydroxylation sites is 1. The van der Waals surface area contributed by atoms with E-state index in [4.69, 9.17) is 10.5 Å². The van der Waals surface area contributed by atoms with E-state index in [2.05, 4.69) is 16.9 Å². The van der Waals surface area contributed by atoms with Crippen molar-refractivity contribution in [2.24, 2.45) is 5.73 Å². The molecular weight excluding hydrogens is 214 g/mol. The fraction of sp³-hybridized carbons (Fsp3) is 0.462. The number of hydrogen-bond acceptors (Lipinski definition) is 3. The maximum absolute atomic E-state index is 5.72. The van der Waals surface area contributed by atoms with Gasteiger partial charge in [-0.15, -0.1) is 0 Å². The van der Waals surface area contributed by atoms with Crippen LogP contribution in [0.4, 0.5) is 0 Å². The van der Waals surface area contributed by atoms with Crippen LogP contribution in [0.5, 0.6) is 0 Å². The van der Waals surface area contributed by atoms with Crippen molar-refractivity contribution in [3.05, 3.63) is 29.6 Å². The molecule has 0 saturated carbocycles. The van der Waals surface area contributed by atoms with Gasteiger partial charge in [0, 0.05) is 12.5 Å². The average molecular weight is 231 g/mol. The third-order valence-corrected chi connectivity index (χ3v) is 3.42. The van der Waals surface area contributed by atoms with Crippen LogP contribution in [0.1, 0.15) is 30.7 Å². The highest BCUT2D eigenvalue weighted by molar-refractivity contribution is 5.78. The van der Waals surface area contributed by atoms with Gasteiger partial charge in [-0.25, -0.2) is 4.98 Å². The van der Waals surface area contributed by atoms with Crippen LogP contribution >= 0.6 is 0 Å². The van der Waals surface area contributed by atoms with Crippen molar-refractivity contribution in [1.82, 2.24) is 9.97 Å². The van der Waals surface area contributed by atoms with E-state index in [-0.39, 0.29) is 0 Å². The molecule has 2 heterocycles. The molecule has 3 N–H and O–H groups in total. The number of imidazole rings is 1. The lowest BCUT2D eigenvalue weighted by Crippen LogP contribution is -2.00. The van der Waals surface area contributed by atoms with E-state index in [1.54, 1.807) is 0 Å². The van der Waals surface area contributed by atoms with Gasteiger partial charge in [0.05, 0.1) is 23.7 Å². The number of benzene rings is 1. The second-order valence-corrected chi connectivity index (χ2v) is 4.72. The van der Waals surface area contributed by atoms with Crippen LogP contribution in [0.15, 0.2) is 18.2 Å². The summed E-state index contributed by atoms with van der Waals surface area (Å²) >= 11 is 0. The molecule has 1 aliphatic heterocycles. The molecule has 2 aromatic rings. The Morgan fingerprint density at radius 2 is 2.41 bits per heavy atom. The van der Waals surface area contributed by atoms with Gasteiger partial charge in [0.1, 0.15) is 5.82 Å². The number of nitrogens with zero attached hydrogens (tertiary/aromatic N) is 1. The second-order valence-electron chi connectivity index (χ2n) is 4.72. The highest BCUT2D eigenvalue weighted by atomic mass is 16.5. The van der Waals surface area contributed by atoms with Gasteiger partial charge in [0.15, 0.2) is 0 Å². The minimum absolute atomic E-state index is 0.335. The van der Waals surface area contributed by atoms with Crippen molar-refractivity contribution in [3.63, 3.8) is 0 Å². The predicted octanol–water partition coefficient (Wildman–Crippen LogP) is 1.91. The minimum Gasteiger partial charge on any atom is -0.378 e. The predicted molar refractivity (Wildman–Crippen MR) is 66.8 cm³/mol. The normalized spacial score (nSPS) is 24.6. The molecule has 1 aromatic carbocycles. The van der Waals surface area contributed by atoms with E-state index in [0.29, 0.717) is 18.6 Å². The van der Waals surface area contributed by atoms with Crippen LogP contribution in [-0.2, 0) is 11.3 Å². The molecule has 4 heteroatoms. The van der Waals surface area contributed by atoms with Gasteiger partial charge in [0.2, 0.25) is 0 Å². The van der Waals surface area contributed by atoms with Crippen LogP contribution in [0.2, 0.25) is 0 Å². The highest BCUT2D eigenvalue weighted by Gasteiger charge is 2.26. The van der Waals surface area contributed by atoms with Crippen LogP contribution in [0, 0.1) is 0 Å². The Morgan fingerprint density at radius 3 is 3.12 bits per heavy atom. The Bertz CT molecular complexity index is 534. The number of hydrogen-bond donors (Lipinski definition) is 2. The number of fused-ring (bicyclic) bond motifs is 1. The molecule has 1 fully saturated rings. The average Bonchev–Trinajstić information content (AvgIpc) is 2.93. The number of aromatic amines is 1. The third-order valence-electron chi connectivity index (χ3n) is 3.42. The lowest BCUT2D eigenvalue weighted by atomic mass is 10.1. The van der Waals surface area contributed by atoms with E-state index in [1.165, 1.54) is 0 Å². The van der Waals surface area contributed by atoms with E-state index in [9.17, 15) is 0 Å². The van der Waals surface area contributed by atoms with E-state index >= 15 is 0 Å². The van der Waals surface area contributed by atoms with Crippen molar-refractivity contribution in [3.8, 4) is 0 Å². The van der Waals surface area contributed by atoms with Crippen molar-refractivity contribution in [2.45, 2.75) is 31.9 Å². The SMILES string of the molecule is CC1CC(c2nc3c(CN)cccc3[nH]2)CO1. The highest BCUT2D eigenvalue weighted by Crippen LogP contribution is 2.29. The number of rotatable bonds is 2. The first-order valence-electron chi connectivity index (χ1n) is 6.07. The van der Waals surface area contributed by atoms with Gasteiger partial charge in [0.25, 0.3) is 0 Å². The third kappa shape index (κ3) is 1.83. The van der Waals surface area contributed by atoms with Crippen LogP contribution in [0.25, 0.3) is 11.0 Å². The molecular formula is C13H17N3O. The summed E-state index contributed by atoms with van der Waals surface area (Å²) in [6.45, 7) is 3.39. The summed E-state index contributed by atoms with van der Waals surface area (Å²) in [6.07, 6.45) is 1.37. The van der Waals surface area contributed by atoms with Gasteiger partial charge < -0.3 is 15.5 Å². The first-order valence-corrected chi connectivity index (χ1v) is 6.07. The molecule has 0 spiro atoms. The largest absolute Gasteiger partial charge is 0.378 e. The summed E-state index contributed by atoms with van der Waals surface area (Å²) < 4.78 is 5.59. The number of H-pyrrole nitrogens is 1. The zero-order chi connectivity index (χ0) is 11.8. The maximum Gasteiger partial charge on any atom is 0.112 e. The monoisotopic (exact) mass is 231 g/mol. The van der Waals surface area contributed by atoms with E-state index in [1.807, 2.05) is 18.2 Å². The molecule has 1 aliphatic rings. The Balaban J connectivity index is 2.01. The number of aromatic nitrogens is 2. The summed E-state index contributed by atoms with van der Waals surface area (Å²) in [5, 5.41) is 0. The first kappa shape index (κ1) is 10.7. The number of nitrogens with two attached hydrogens (primary N) is 1. The maximum atomic E-state index is 5.72. The van der Waals surface area contributed by atoms with E-state index < -0.39 is 0 Å². The van der Waals surface area contributed by atoms with Crippen molar-refractivity contribution < 1.29 is 4.74 Å². The zero-order valence-corrected chi connectivity index (χ0v) is 9.94. The molecule has 2 atom stereocenters. The first-order chi connectivity index (χ1) is 8.28. The van der Waals surface area contributed by atoms with E-state index in [0.717, 1.165) is 35.4 Å². The van der Waals surface area contributed by atoms with Gasteiger partial charge in [-0.2, -0.15) is 0 Å². The van der Waals surface area contributed by atoms with Crippen LogP contribution in [0.3, 0.4) is 0 Å². The number of ether oxygens (including phenoxy) is 1. The lowest BCUT2D eigenvalue weighted by Gasteiger charge is -2.01. The van der Waals surface area contributed by atoms with Crippen molar-refractivity contribution in [1.29, 1.82) is 0 Å². The van der Waals surface area contributed by atoms with Gasteiger partial charge in [-0.3, -0.25) is 0 Å². The van der Waals surface area contributed by atoms with Gasteiger partial charge in [-0.1, -0.05) is 12.1 Å². The Kier molecular flexibility index (Phi) is 2.61. The molecule has 3 rings (SSSR count). The molecule has 0 bridgehead atoms. The zero-order valence-electron chi connectivity index (χ0n) is 9.94. The second kappa shape index (κ2) is 4.13. The van der Waals surface area contributed by atoms with Gasteiger partial charge >= 0.3 is 0 Å². The van der Waals surface area contributed by atoms with Crippen molar-refractivity contribution >= 4 is 11.0 Å². The summed E-state index contributed by atoms with van der Waals surface area (Å²) in [4.78, 5) is 8.07. The Morgan fingerprint density at radius 1 is 1.53 bits per heavy atom. The smallest absolute Gasteiger partial charge is 0.112 e. The molecule has 1 aromatic heterocycles. The fourth-order valence-electron chi connectivity index (χ4n) is 2.48. The molecule has 4 nitrogen and oxygen atoms in total. The Hall–Kier alpha value is -1.39. The molecule has 0 radical (unpaired) electrons. The quantitative estimate of drug-likeness (QED) is 0.829. The molecule has 90 valence electrons.